The van der Waals surface area contributed by atoms with E-state index in [0.29, 0.717) is 18.6 Å². The van der Waals surface area contributed by atoms with E-state index in [9.17, 15) is 4.79 Å². The number of nitrogens with zero attached hydrogens (tertiary/aromatic N) is 4. The van der Waals surface area contributed by atoms with Crippen molar-refractivity contribution in [3.05, 3.63) is 12.2 Å². The third kappa shape index (κ3) is 4.13. The predicted molar refractivity (Wildman–Crippen MR) is 92.6 cm³/mol. The molecule has 2 heterocycles. The van der Waals surface area contributed by atoms with Crippen LogP contribution in [0.2, 0.25) is 0 Å². The van der Waals surface area contributed by atoms with E-state index in [0.717, 1.165) is 31.8 Å². The summed E-state index contributed by atoms with van der Waals surface area (Å²) in [6.07, 6.45) is 8.93. The third-order valence-corrected chi connectivity index (χ3v) is 5.41. The molecule has 0 radical (unpaired) electrons. The van der Waals surface area contributed by atoms with Gasteiger partial charge in [-0.05, 0) is 52.7 Å². The van der Waals surface area contributed by atoms with Gasteiger partial charge in [-0.2, -0.15) is 0 Å². The van der Waals surface area contributed by atoms with Crippen molar-refractivity contribution in [2.75, 3.05) is 26.7 Å². The van der Waals surface area contributed by atoms with E-state index in [1.165, 1.54) is 25.7 Å². The summed E-state index contributed by atoms with van der Waals surface area (Å²) in [7, 11) is 2.04. The second-order valence-electron chi connectivity index (χ2n) is 7.22. The van der Waals surface area contributed by atoms with E-state index in [1.807, 2.05) is 20.3 Å². The Hall–Kier alpha value is -1.47. The number of nitrogens with one attached hydrogen (secondary N) is 2. The number of rotatable bonds is 6. The van der Waals surface area contributed by atoms with Gasteiger partial charge in [0, 0.05) is 12.1 Å². The van der Waals surface area contributed by atoms with Crippen molar-refractivity contribution < 1.29 is 4.79 Å². The minimum Gasteiger partial charge on any atom is -0.345 e. The quantitative estimate of drug-likeness (QED) is 0.819. The molecule has 7 heteroatoms. The second kappa shape index (κ2) is 8.07. The summed E-state index contributed by atoms with van der Waals surface area (Å²) in [6.45, 7) is 4.51. The summed E-state index contributed by atoms with van der Waals surface area (Å²) in [5, 5.41) is 14.8. The maximum atomic E-state index is 12.4. The van der Waals surface area contributed by atoms with Crippen LogP contribution in [0.25, 0.3) is 0 Å². The molecule has 3 rings (SSSR count). The molecule has 24 heavy (non-hydrogen) atoms. The van der Waals surface area contributed by atoms with Crippen LogP contribution in [0.4, 0.5) is 0 Å². The highest BCUT2D eigenvalue weighted by atomic mass is 16.2. The molecule has 1 amide bonds. The van der Waals surface area contributed by atoms with E-state index in [4.69, 9.17) is 0 Å². The maximum Gasteiger partial charge on any atom is 0.234 e. The number of piperidine rings is 1. The Kier molecular flexibility index (Phi) is 5.84. The fourth-order valence-electron chi connectivity index (χ4n) is 3.98. The van der Waals surface area contributed by atoms with Crippen molar-refractivity contribution in [2.45, 2.75) is 63.6 Å². The Morgan fingerprint density at radius 1 is 1.38 bits per heavy atom. The van der Waals surface area contributed by atoms with Gasteiger partial charge in [-0.1, -0.05) is 12.8 Å². The van der Waals surface area contributed by atoms with E-state index in [1.54, 1.807) is 0 Å². The van der Waals surface area contributed by atoms with Gasteiger partial charge in [-0.3, -0.25) is 9.69 Å². The van der Waals surface area contributed by atoms with Gasteiger partial charge in [-0.25, -0.2) is 0 Å². The topological polar surface area (TPSA) is 75.1 Å². The number of carbonyl (C=O) groups is 1. The molecule has 134 valence electrons. The molecule has 7 nitrogen and oxygen atoms in total. The second-order valence-corrected chi connectivity index (χ2v) is 7.22. The minimum atomic E-state index is -0.109. The first-order valence-corrected chi connectivity index (χ1v) is 9.25. The molecular formula is C17H30N6O. The summed E-state index contributed by atoms with van der Waals surface area (Å²) in [5.41, 5.74) is 0. The van der Waals surface area contributed by atoms with Gasteiger partial charge in [0.1, 0.15) is 6.33 Å². The zero-order valence-corrected chi connectivity index (χ0v) is 14.9. The van der Waals surface area contributed by atoms with Crippen LogP contribution in [0, 0.1) is 0 Å². The van der Waals surface area contributed by atoms with Gasteiger partial charge >= 0.3 is 0 Å². The monoisotopic (exact) mass is 334 g/mol. The van der Waals surface area contributed by atoms with E-state index >= 15 is 0 Å². The smallest absolute Gasteiger partial charge is 0.234 e. The van der Waals surface area contributed by atoms with Crippen molar-refractivity contribution in [3.8, 4) is 0 Å². The number of aromatic nitrogens is 3. The molecule has 1 aromatic heterocycles. The van der Waals surface area contributed by atoms with Crippen molar-refractivity contribution in [2.24, 2.45) is 0 Å². The maximum absolute atomic E-state index is 12.4. The summed E-state index contributed by atoms with van der Waals surface area (Å²) < 4.78 is 2.16. The number of likely N-dealkylation sites (N-methyl/N-ethyl adjacent to an activating group) is 1. The summed E-state index contributed by atoms with van der Waals surface area (Å²) in [5.74, 6) is 0.935. The Morgan fingerprint density at radius 3 is 2.79 bits per heavy atom. The first-order chi connectivity index (χ1) is 11.6. The van der Waals surface area contributed by atoms with Crippen LogP contribution < -0.4 is 10.6 Å². The molecule has 1 unspecified atom stereocenters. The zero-order valence-electron chi connectivity index (χ0n) is 14.9. The standard InChI is InChI=1S/C17H30N6O/c1-13(17-21-19-12-23(17)15-5-3-4-6-15)20-16(24)11-22(2)14-7-9-18-10-8-14/h12-15,18H,3-11H2,1-2H3,(H,20,24). The molecule has 2 N–H and O–H groups in total. The first-order valence-electron chi connectivity index (χ1n) is 9.25. The van der Waals surface area contributed by atoms with Crippen molar-refractivity contribution in [1.82, 2.24) is 30.3 Å². The van der Waals surface area contributed by atoms with E-state index in [2.05, 4.69) is 30.3 Å². The molecular weight excluding hydrogens is 304 g/mol. The SMILES string of the molecule is CC(NC(=O)CN(C)C1CCNCC1)c1nncn1C1CCCC1. The molecule has 0 bridgehead atoms. The molecule has 0 aromatic carbocycles. The molecule has 1 aliphatic heterocycles. The largest absolute Gasteiger partial charge is 0.345 e. The lowest BCUT2D eigenvalue weighted by Gasteiger charge is -2.31. The van der Waals surface area contributed by atoms with E-state index < -0.39 is 0 Å². The van der Waals surface area contributed by atoms with Crippen LogP contribution in [-0.2, 0) is 4.79 Å². The highest BCUT2D eigenvalue weighted by Gasteiger charge is 2.24. The lowest BCUT2D eigenvalue weighted by molar-refractivity contribution is -0.123. The van der Waals surface area contributed by atoms with Crippen LogP contribution in [0.1, 0.15) is 63.4 Å². The van der Waals surface area contributed by atoms with Gasteiger partial charge in [0.15, 0.2) is 5.82 Å². The molecule has 1 aliphatic carbocycles. The van der Waals surface area contributed by atoms with Gasteiger partial charge < -0.3 is 15.2 Å². The normalized spacial score (nSPS) is 21.3. The number of amides is 1. The lowest BCUT2D eigenvalue weighted by Crippen LogP contribution is -2.45. The van der Waals surface area contributed by atoms with Gasteiger partial charge in [-0.15, -0.1) is 10.2 Å². The molecule has 2 fully saturated rings. The van der Waals surface area contributed by atoms with Crippen LogP contribution in [0.3, 0.4) is 0 Å². The summed E-state index contributed by atoms with van der Waals surface area (Å²) in [4.78, 5) is 14.6. The number of hydrogen-bond donors (Lipinski definition) is 2. The predicted octanol–water partition coefficient (Wildman–Crippen LogP) is 1.25. The molecule has 1 saturated carbocycles. The fourth-order valence-corrected chi connectivity index (χ4v) is 3.98. The molecule has 2 aliphatic rings. The Labute approximate surface area is 144 Å². The van der Waals surface area contributed by atoms with Gasteiger partial charge in [0.25, 0.3) is 0 Å². The lowest BCUT2D eigenvalue weighted by atomic mass is 10.1. The van der Waals surface area contributed by atoms with Crippen molar-refractivity contribution >= 4 is 5.91 Å². The van der Waals surface area contributed by atoms with Gasteiger partial charge in [0.2, 0.25) is 5.91 Å². The highest BCUT2D eigenvalue weighted by Crippen LogP contribution is 2.31. The molecule has 0 spiro atoms. The average Bonchev–Trinajstić information content (AvgIpc) is 3.26. The molecule has 1 aromatic rings. The van der Waals surface area contributed by atoms with Crippen molar-refractivity contribution in [1.29, 1.82) is 0 Å². The summed E-state index contributed by atoms with van der Waals surface area (Å²) in [6, 6.07) is 0.878. The Balaban J connectivity index is 1.53. The van der Waals surface area contributed by atoms with Crippen LogP contribution in [0.15, 0.2) is 6.33 Å². The zero-order chi connectivity index (χ0) is 16.9. The van der Waals surface area contributed by atoms with Crippen LogP contribution in [-0.4, -0.2) is 58.3 Å². The average molecular weight is 334 g/mol. The minimum absolute atomic E-state index is 0.0597. The third-order valence-electron chi connectivity index (χ3n) is 5.41. The molecule has 1 atom stereocenters. The van der Waals surface area contributed by atoms with Crippen molar-refractivity contribution in [3.63, 3.8) is 0 Å². The highest BCUT2D eigenvalue weighted by molar-refractivity contribution is 5.78. The first kappa shape index (κ1) is 17.4. The Morgan fingerprint density at radius 2 is 2.08 bits per heavy atom. The van der Waals surface area contributed by atoms with Crippen LogP contribution in [0.5, 0.6) is 0 Å². The van der Waals surface area contributed by atoms with Crippen LogP contribution >= 0.6 is 0 Å². The molecule has 1 saturated heterocycles. The Bertz CT molecular complexity index is 533. The van der Waals surface area contributed by atoms with Gasteiger partial charge in [0.05, 0.1) is 12.6 Å². The fraction of sp³-hybridized carbons (Fsp3) is 0.824. The van der Waals surface area contributed by atoms with E-state index in [-0.39, 0.29) is 11.9 Å². The summed E-state index contributed by atoms with van der Waals surface area (Å²) >= 11 is 0. The number of carbonyl (C=O) groups excluding carboxylic acids is 1. The number of hydrogen-bond acceptors (Lipinski definition) is 5.